The predicted molar refractivity (Wildman–Crippen MR) is 89.0 cm³/mol. The molecule has 0 fully saturated rings. The van der Waals surface area contributed by atoms with Crippen molar-refractivity contribution in [1.82, 2.24) is 0 Å². The van der Waals surface area contributed by atoms with Gasteiger partial charge in [0.1, 0.15) is 11.2 Å². The maximum absolute atomic E-state index is 9.88. The fourth-order valence-electron chi connectivity index (χ4n) is 2.94. The molecule has 2 N–H and O–H groups in total. The molecule has 1 aromatic heterocycles. The lowest BCUT2D eigenvalue weighted by Gasteiger charge is -2.09. The molecule has 0 atom stereocenters. The van der Waals surface area contributed by atoms with Gasteiger partial charge in [-0.25, -0.2) is 0 Å². The lowest BCUT2D eigenvalue weighted by molar-refractivity contribution is 0.426. The summed E-state index contributed by atoms with van der Waals surface area (Å²) in [6.45, 7) is 0. The van der Waals surface area contributed by atoms with Gasteiger partial charge in [-0.15, -0.1) is 0 Å². The average Bonchev–Trinajstić information content (AvgIpc) is 2.93. The fourth-order valence-corrected chi connectivity index (χ4v) is 2.94. The molecule has 0 aliphatic rings. The highest BCUT2D eigenvalue weighted by molar-refractivity contribution is 6.63. The van der Waals surface area contributed by atoms with Gasteiger partial charge in [-0.3, -0.25) is 0 Å². The van der Waals surface area contributed by atoms with Gasteiger partial charge in [0, 0.05) is 16.2 Å². The van der Waals surface area contributed by atoms with Crippen molar-refractivity contribution in [2.24, 2.45) is 0 Å². The topological polar surface area (TPSA) is 53.6 Å². The van der Waals surface area contributed by atoms with E-state index >= 15 is 0 Å². The monoisotopic (exact) mass is 288 g/mol. The number of furan rings is 1. The minimum absolute atomic E-state index is 0.403. The van der Waals surface area contributed by atoms with Gasteiger partial charge in [-0.1, -0.05) is 54.6 Å². The molecule has 0 bridgehead atoms. The van der Waals surface area contributed by atoms with E-state index in [1.54, 1.807) is 0 Å². The molecule has 4 rings (SSSR count). The summed E-state index contributed by atoms with van der Waals surface area (Å²) in [5.41, 5.74) is 3.36. The minimum atomic E-state index is -1.60. The van der Waals surface area contributed by atoms with Gasteiger partial charge in [-0.2, -0.15) is 0 Å². The molecule has 0 saturated carbocycles. The minimum Gasteiger partial charge on any atom is -0.456 e. The first kappa shape index (κ1) is 13.1. The number of para-hydroxylation sites is 1. The standard InChI is InChI=1S/C18H13BO3/c20-19(21)17-13(12-6-2-1-3-7-12)10-11-15-14-8-4-5-9-16(14)22-18(15)17/h1-11,20-21H. The number of rotatable bonds is 2. The van der Waals surface area contributed by atoms with Crippen LogP contribution in [-0.4, -0.2) is 17.2 Å². The molecule has 0 radical (unpaired) electrons. The van der Waals surface area contributed by atoms with Crippen molar-refractivity contribution in [3.8, 4) is 11.1 Å². The van der Waals surface area contributed by atoms with E-state index in [0.29, 0.717) is 11.0 Å². The van der Waals surface area contributed by atoms with Crippen LogP contribution in [0.3, 0.4) is 0 Å². The molecule has 0 unspecified atom stereocenters. The summed E-state index contributed by atoms with van der Waals surface area (Å²) in [4.78, 5) is 0. The molecule has 3 nitrogen and oxygen atoms in total. The molecule has 0 amide bonds. The Morgan fingerprint density at radius 2 is 1.45 bits per heavy atom. The maximum Gasteiger partial charge on any atom is 0.492 e. The summed E-state index contributed by atoms with van der Waals surface area (Å²) in [6, 6.07) is 21.2. The van der Waals surface area contributed by atoms with Crippen molar-refractivity contribution >= 4 is 34.5 Å². The average molecular weight is 288 g/mol. The van der Waals surface area contributed by atoms with Gasteiger partial charge in [-0.05, 0) is 23.3 Å². The Bertz CT molecular complexity index is 958. The van der Waals surface area contributed by atoms with Crippen LogP contribution in [0.5, 0.6) is 0 Å². The third-order valence-corrected chi connectivity index (χ3v) is 3.93. The summed E-state index contributed by atoms with van der Waals surface area (Å²) in [5, 5.41) is 21.6. The van der Waals surface area contributed by atoms with Crippen molar-refractivity contribution in [3.05, 3.63) is 66.7 Å². The van der Waals surface area contributed by atoms with Crippen LogP contribution >= 0.6 is 0 Å². The summed E-state index contributed by atoms with van der Waals surface area (Å²) >= 11 is 0. The molecular formula is C18H13BO3. The third-order valence-electron chi connectivity index (χ3n) is 3.93. The maximum atomic E-state index is 9.88. The smallest absolute Gasteiger partial charge is 0.456 e. The second-order valence-electron chi connectivity index (χ2n) is 5.24. The van der Waals surface area contributed by atoms with E-state index in [4.69, 9.17) is 4.42 Å². The van der Waals surface area contributed by atoms with E-state index in [1.165, 1.54) is 0 Å². The Morgan fingerprint density at radius 3 is 2.23 bits per heavy atom. The van der Waals surface area contributed by atoms with E-state index in [-0.39, 0.29) is 0 Å². The van der Waals surface area contributed by atoms with E-state index in [1.807, 2.05) is 66.7 Å². The summed E-state index contributed by atoms with van der Waals surface area (Å²) in [6.07, 6.45) is 0. The van der Waals surface area contributed by atoms with E-state index < -0.39 is 7.12 Å². The van der Waals surface area contributed by atoms with Crippen molar-refractivity contribution in [3.63, 3.8) is 0 Å². The zero-order chi connectivity index (χ0) is 15.1. The van der Waals surface area contributed by atoms with Crippen molar-refractivity contribution in [2.75, 3.05) is 0 Å². The van der Waals surface area contributed by atoms with Crippen molar-refractivity contribution < 1.29 is 14.5 Å². The van der Waals surface area contributed by atoms with E-state index in [9.17, 15) is 10.0 Å². The summed E-state index contributed by atoms with van der Waals surface area (Å²) in [5.74, 6) is 0. The zero-order valence-electron chi connectivity index (χ0n) is 11.7. The molecule has 1 heterocycles. The first-order valence-electron chi connectivity index (χ1n) is 7.11. The summed E-state index contributed by atoms with van der Waals surface area (Å²) < 4.78 is 5.89. The lowest BCUT2D eigenvalue weighted by Crippen LogP contribution is -2.32. The van der Waals surface area contributed by atoms with E-state index in [0.717, 1.165) is 27.5 Å². The first-order chi connectivity index (χ1) is 10.8. The summed E-state index contributed by atoms with van der Waals surface area (Å²) in [7, 11) is -1.60. The van der Waals surface area contributed by atoms with Gasteiger partial charge < -0.3 is 14.5 Å². The van der Waals surface area contributed by atoms with E-state index in [2.05, 4.69) is 0 Å². The van der Waals surface area contributed by atoms with Crippen LogP contribution in [-0.2, 0) is 0 Å². The van der Waals surface area contributed by atoms with Gasteiger partial charge in [0.25, 0.3) is 0 Å². The van der Waals surface area contributed by atoms with Crippen LogP contribution in [0.2, 0.25) is 0 Å². The molecule has 0 spiro atoms. The molecule has 106 valence electrons. The van der Waals surface area contributed by atoms with Gasteiger partial charge in [0.15, 0.2) is 0 Å². The molecular weight excluding hydrogens is 275 g/mol. The first-order valence-corrected chi connectivity index (χ1v) is 7.11. The highest BCUT2D eigenvalue weighted by Gasteiger charge is 2.24. The number of benzene rings is 3. The van der Waals surface area contributed by atoms with Crippen LogP contribution in [0, 0.1) is 0 Å². The van der Waals surface area contributed by atoms with Gasteiger partial charge in [0.2, 0.25) is 0 Å². The molecule has 4 aromatic rings. The normalized spacial score (nSPS) is 11.2. The van der Waals surface area contributed by atoms with Gasteiger partial charge >= 0.3 is 7.12 Å². The quantitative estimate of drug-likeness (QED) is 0.558. The van der Waals surface area contributed by atoms with Crippen LogP contribution in [0.15, 0.2) is 71.1 Å². The zero-order valence-corrected chi connectivity index (χ0v) is 11.7. The third kappa shape index (κ3) is 1.93. The van der Waals surface area contributed by atoms with Crippen LogP contribution in [0.4, 0.5) is 0 Å². The Balaban J connectivity index is 2.11. The second kappa shape index (κ2) is 5.02. The lowest BCUT2D eigenvalue weighted by atomic mass is 9.74. The Morgan fingerprint density at radius 1 is 0.727 bits per heavy atom. The number of hydrogen-bond acceptors (Lipinski definition) is 3. The largest absolute Gasteiger partial charge is 0.492 e. The molecule has 22 heavy (non-hydrogen) atoms. The Labute approximate surface area is 127 Å². The van der Waals surface area contributed by atoms with Crippen molar-refractivity contribution in [1.29, 1.82) is 0 Å². The fraction of sp³-hybridized carbons (Fsp3) is 0. The number of fused-ring (bicyclic) bond motifs is 3. The van der Waals surface area contributed by atoms with Crippen LogP contribution in [0.25, 0.3) is 33.1 Å². The number of hydrogen-bond donors (Lipinski definition) is 2. The van der Waals surface area contributed by atoms with Crippen molar-refractivity contribution in [2.45, 2.75) is 0 Å². The highest BCUT2D eigenvalue weighted by atomic mass is 16.4. The second-order valence-corrected chi connectivity index (χ2v) is 5.24. The molecule has 3 aromatic carbocycles. The molecule has 4 heteroatoms. The molecule has 0 aliphatic carbocycles. The highest BCUT2D eigenvalue weighted by Crippen LogP contribution is 2.30. The van der Waals surface area contributed by atoms with Crippen LogP contribution < -0.4 is 5.46 Å². The predicted octanol–water partition coefficient (Wildman–Crippen LogP) is 2.93. The Hall–Kier alpha value is -2.56. The van der Waals surface area contributed by atoms with Crippen LogP contribution in [0.1, 0.15) is 0 Å². The SMILES string of the molecule is OB(O)c1c(-c2ccccc2)ccc2c1oc1ccccc12. The molecule has 0 saturated heterocycles. The molecule has 0 aliphatic heterocycles. The Kier molecular flexibility index (Phi) is 3.00. The van der Waals surface area contributed by atoms with Gasteiger partial charge in [0.05, 0.1) is 0 Å².